The van der Waals surface area contributed by atoms with Gasteiger partial charge in [-0.2, -0.15) is 0 Å². The molecular formula is C10H12FNO3S. The minimum Gasteiger partial charge on any atom is -0.396 e. The summed E-state index contributed by atoms with van der Waals surface area (Å²) in [5.41, 5.74) is -0.251. The number of non-ortho nitro benzene ring substituents is 1. The molecule has 1 aromatic carbocycles. The van der Waals surface area contributed by atoms with Crippen LogP contribution in [0.3, 0.4) is 0 Å². The number of thioether (sulfide) groups is 1. The van der Waals surface area contributed by atoms with Gasteiger partial charge in [0, 0.05) is 23.3 Å². The third kappa shape index (κ3) is 3.79. The largest absolute Gasteiger partial charge is 0.396 e. The molecule has 0 radical (unpaired) electrons. The first-order valence-electron chi connectivity index (χ1n) is 4.71. The van der Waals surface area contributed by atoms with Gasteiger partial charge in [0.15, 0.2) is 0 Å². The fourth-order valence-electron chi connectivity index (χ4n) is 1.03. The van der Waals surface area contributed by atoms with E-state index in [0.29, 0.717) is 10.6 Å². The highest BCUT2D eigenvalue weighted by Crippen LogP contribution is 2.26. The first-order valence-corrected chi connectivity index (χ1v) is 5.70. The highest BCUT2D eigenvalue weighted by molar-refractivity contribution is 7.99. The Kier molecular flexibility index (Phi) is 4.70. The molecule has 1 unspecified atom stereocenters. The van der Waals surface area contributed by atoms with Gasteiger partial charge >= 0.3 is 0 Å². The van der Waals surface area contributed by atoms with Gasteiger partial charge in [-0.3, -0.25) is 10.1 Å². The van der Waals surface area contributed by atoms with Gasteiger partial charge in [0.1, 0.15) is 5.82 Å². The first-order chi connectivity index (χ1) is 7.52. The number of hydrogen-bond acceptors (Lipinski definition) is 4. The van der Waals surface area contributed by atoms with E-state index in [1.807, 2.05) is 6.92 Å². The second kappa shape index (κ2) is 5.81. The quantitative estimate of drug-likeness (QED) is 0.491. The average Bonchev–Trinajstić information content (AvgIpc) is 2.25. The molecule has 0 aliphatic rings. The van der Waals surface area contributed by atoms with Crippen molar-refractivity contribution in [2.24, 2.45) is 5.92 Å². The van der Waals surface area contributed by atoms with Crippen molar-refractivity contribution in [2.45, 2.75) is 11.8 Å². The predicted octanol–water partition coefficient (Wildman–Crippen LogP) is 2.45. The van der Waals surface area contributed by atoms with Crippen LogP contribution in [-0.2, 0) is 0 Å². The van der Waals surface area contributed by atoms with Crippen molar-refractivity contribution < 1.29 is 14.4 Å². The monoisotopic (exact) mass is 245 g/mol. The minimum absolute atomic E-state index is 0.0460. The molecule has 4 nitrogen and oxygen atoms in total. The molecule has 0 aliphatic carbocycles. The molecular weight excluding hydrogens is 233 g/mol. The molecule has 1 aromatic rings. The lowest BCUT2D eigenvalue weighted by Gasteiger charge is -2.06. The Bertz CT molecular complexity index is 386. The van der Waals surface area contributed by atoms with Crippen molar-refractivity contribution in [1.82, 2.24) is 0 Å². The van der Waals surface area contributed by atoms with Crippen LogP contribution in [0.25, 0.3) is 0 Å². The van der Waals surface area contributed by atoms with Crippen molar-refractivity contribution in [3.05, 3.63) is 34.1 Å². The molecule has 0 amide bonds. The Balaban J connectivity index is 2.76. The van der Waals surface area contributed by atoms with E-state index >= 15 is 0 Å². The lowest BCUT2D eigenvalue weighted by atomic mass is 10.2. The van der Waals surface area contributed by atoms with E-state index in [2.05, 4.69) is 0 Å². The van der Waals surface area contributed by atoms with Gasteiger partial charge < -0.3 is 5.11 Å². The lowest BCUT2D eigenvalue weighted by Crippen LogP contribution is -2.03. The van der Waals surface area contributed by atoms with Crippen molar-refractivity contribution in [2.75, 3.05) is 12.4 Å². The zero-order valence-electron chi connectivity index (χ0n) is 8.72. The summed E-state index contributed by atoms with van der Waals surface area (Å²) in [7, 11) is 0. The van der Waals surface area contributed by atoms with Crippen LogP contribution in [0.1, 0.15) is 6.92 Å². The number of rotatable bonds is 5. The Morgan fingerprint density at radius 2 is 2.25 bits per heavy atom. The molecule has 0 fully saturated rings. The SMILES string of the molecule is CC(CO)CSc1cc(F)cc([N+](=O)[O-])c1. The Morgan fingerprint density at radius 3 is 2.81 bits per heavy atom. The number of halogens is 1. The van der Waals surface area contributed by atoms with E-state index in [4.69, 9.17) is 5.11 Å². The maximum Gasteiger partial charge on any atom is 0.273 e. The van der Waals surface area contributed by atoms with E-state index in [0.717, 1.165) is 6.07 Å². The number of nitrogens with zero attached hydrogens (tertiary/aromatic N) is 1. The van der Waals surface area contributed by atoms with Gasteiger partial charge in [0.25, 0.3) is 5.69 Å². The van der Waals surface area contributed by atoms with Crippen LogP contribution in [-0.4, -0.2) is 22.4 Å². The van der Waals surface area contributed by atoms with Gasteiger partial charge in [-0.25, -0.2) is 4.39 Å². The van der Waals surface area contributed by atoms with E-state index in [-0.39, 0.29) is 18.2 Å². The van der Waals surface area contributed by atoms with Gasteiger partial charge in [-0.05, 0) is 12.0 Å². The Hall–Kier alpha value is -1.14. The zero-order valence-corrected chi connectivity index (χ0v) is 9.54. The summed E-state index contributed by atoms with van der Waals surface area (Å²) in [6, 6.07) is 3.47. The molecule has 88 valence electrons. The van der Waals surface area contributed by atoms with Crippen LogP contribution in [0.15, 0.2) is 23.1 Å². The number of benzene rings is 1. The molecule has 6 heteroatoms. The lowest BCUT2D eigenvalue weighted by molar-refractivity contribution is -0.385. The Morgan fingerprint density at radius 1 is 1.56 bits per heavy atom. The van der Waals surface area contributed by atoms with Crippen LogP contribution in [0, 0.1) is 21.8 Å². The second-order valence-electron chi connectivity index (χ2n) is 3.50. The molecule has 0 aliphatic heterocycles. The fraction of sp³-hybridized carbons (Fsp3) is 0.400. The van der Waals surface area contributed by atoms with Crippen molar-refractivity contribution in [1.29, 1.82) is 0 Å². The normalized spacial score (nSPS) is 12.4. The van der Waals surface area contributed by atoms with Crippen LogP contribution >= 0.6 is 11.8 Å². The smallest absolute Gasteiger partial charge is 0.273 e. The van der Waals surface area contributed by atoms with Crippen LogP contribution in [0.4, 0.5) is 10.1 Å². The van der Waals surface area contributed by atoms with Gasteiger partial charge in [0.2, 0.25) is 0 Å². The average molecular weight is 245 g/mol. The molecule has 0 spiro atoms. The third-order valence-electron chi connectivity index (χ3n) is 1.91. The summed E-state index contributed by atoms with van der Waals surface area (Å²) in [4.78, 5) is 10.4. The molecule has 0 saturated carbocycles. The van der Waals surface area contributed by atoms with Crippen LogP contribution < -0.4 is 0 Å². The van der Waals surface area contributed by atoms with E-state index in [1.165, 1.54) is 23.9 Å². The maximum atomic E-state index is 13.0. The van der Waals surface area contributed by atoms with E-state index in [9.17, 15) is 14.5 Å². The maximum absolute atomic E-state index is 13.0. The number of hydrogen-bond donors (Lipinski definition) is 1. The molecule has 0 saturated heterocycles. The van der Waals surface area contributed by atoms with Crippen LogP contribution in [0.2, 0.25) is 0 Å². The number of aliphatic hydroxyl groups excluding tert-OH is 1. The standard InChI is InChI=1S/C10H12FNO3S/c1-7(5-13)6-16-10-3-8(11)2-9(4-10)12(14)15/h2-4,7,13H,5-6H2,1H3. The third-order valence-corrected chi connectivity index (χ3v) is 3.22. The Labute approximate surface area is 96.6 Å². The highest BCUT2D eigenvalue weighted by Gasteiger charge is 2.10. The number of nitro benzene ring substituents is 1. The van der Waals surface area contributed by atoms with E-state index < -0.39 is 10.7 Å². The summed E-state index contributed by atoms with van der Waals surface area (Å²) in [5, 5.41) is 19.3. The highest BCUT2D eigenvalue weighted by atomic mass is 32.2. The van der Waals surface area contributed by atoms with E-state index in [1.54, 1.807) is 0 Å². The fourth-order valence-corrected chi connectivity index (χ4v) is 2.01. The zero-order chi connectivity index (χ0) is 12.1. The molecule has 16 heavy (non-hydrogen) atoms. The number of nitro groups is 1. The second-order valence-corrected chi connectivity index (χ2v) is 4.59. The number of aliphatic hydroxyl groups is 1. The predicted molar refractivity (Wildman–Crippen MR) is 60.0 cm³/mol. The van der Waals surface area contributed by atoms with Crippen molar-refractivity contribution in [3.63, 3.8) is 0 Å². The molecule has 0 heterocycles. The van der Waals surface area contributed by atoms with Crippen LogP contribution in [0.5, 0.6) is 0 Å². The molecule has 0 bridgehead atoms. The first kappa shape index (κ1) is 12.9. The molecule has 1 atom stereocenters. The van der Waals surface area contributed by atoms with Crippen molar-refractivity contribution >= 4 is 17.4 Å². The van der Waals surface area contributed by atoms with Gasteiger partial charge in [-0.15, -0.1) is 11.8 Å². The molecule has 1 N–H and O–H groups in total. The topological polar surface area (TPSA) is 63.4 Å². The molecule has 1 rings (SSSR count). The summed E-state index contributed by atoms with van der Waals surface area (Å²) in [6.45, 7) is 1.89. The summed E-state index contributed by atoms with van der Waals surface area (Å²) in [5.74, 6) is 0.0533. The summed E-state index contributed by atoms with van der Waals surface area (Å²) in [6.07, 6.45) is 0. The minimum atomic E-state index is -0.622. The van der Waals surface area contributed by atoms with Crippen molar-refractivity contribution in [3.8, 4) is 0 Å². The van der Waals surface area contributed by atoms with Gasteiger partial charge in [-0.1, -0.05) is 6.92 Å². The summed E-state index contributed by atoms with van der Waals surface area (Å²) < 4.78 is 13.0. The molecule has 0 aromatic heterocycles. The summed E-state index contributed by atoms with van der Waals surface area (Å²) >= 11 is 1.29. The van der Waals surface area contributed by atoms with Gasteiger partial charge in [0.05, 0.1) is 11.0 Å².